The van der Waals surface area contributed by atoms with E-state index in [1.54, 1.807) is 12.1 Å². The van der Waals surface area contributed by atoms with Gasteiger partial charge in [-0.1, -0.05) is 23.7 Å². The van der Waals surface area contributed by atoms with Gasteiger partial charge in [-0.15, -0.1) is 0 Å². The molecule has 1 amide bonds. The van der Waals surface area contributed by atoms with Crippen LogP contribution in [0, 0.1) is 0 Å². The van der Waals surface area contributed by atoms with Crippen LogP contribution in [0.2, 0.25) is 5.02 Å². The summed E-state index contributed by atoms with van der Waals surface area (Å²) >= 11 is 8.07. The number of nitrogens with zero attached hydrogens (tertiary/aromatic N) is 1. The number of pyridine rings is 1. The van der Waals surface area contributed by atoms with Gasteiger partial charge in [-0.2, -0.15) is 11.8 Å². The number of rotatable bonds is 7. The van der Waals surface area contributed by atoms with Crippen LogP contribution in [0.1, 0.15) is 35.8 Å². The molecule has 144 valence electrons. The maximum atomic E-state index is 12.6. The summed E-state index contributed by atoms with van der Waals surface area (Å²) in [6, 6.07) is 11.1. The maximum absolute atomic E-state index is 12.6. The number of hydrogen-bond acceptors (Lipinski definition) is 5. The average Bonchev–Trinajstić information content (AvgIpc) is 2.69. The summed E-state index contributed by atoms with van der Waals surface area (Å²) in [4.78, 5) is 16.8. The van der Waals surface area contributed by atoms with E-state index in [2.05, 4.69) is 16.4 Å². The van der Waals surface area contributed by atoms with Crippen LogP contribution in [-0.4, -0.2) is 36.0 Å². The highest BCUT2D eigenvalue weighted by Crippen LogP contribution is 2.27. The van der Waals surface area contributed by atoms with Crippen LogP contribution < -0.4 is 10.1 Å². The molecule has 7 heteroatoms. The van der Waals surface area contributed by atoms with E-state index in [0.29, 0.717) is 22.8 Å². The molecule has 0 atom stereocenters. The van der Waals surface area contributed by atoms with Crippen LogP contribution in [0.15, 0.2) is 36.4 Å². The quantitative estimate of drug-likeness (QED) is 0.715. The fourth-order valence-corrected chi connectivity index (χ4v) is 4.12. The number of hydrogen-bond donors (Lipinski definition) is 1. The molecule has 1 saturated heterocycles. The molecule has 0 unspecified atom stereocenters. The zero-order valence-electron chi connectivity index (χ0n) is 15.2. The third-order valence-electron chi connectivity index (χ3n) is 4.17. The smallest absolute Gasteiger partial charge is 0.275 e. The molecule has 1 aliphatic heterocycles. The van der Waals surface area contributed by atoms with Crippen LogP contribution in [0.25, 0.3) is 0 Å². The molecule has 0 aliphatic carbocycles. The third-order valence-corrected chi connectivity index (χ3v) is 5.91. The van der Waals surface area contributed by atoms with Gasteiger partial charge in [0.05, 0.1) is 11.6 Å². The van der Waals surface area contributed by atoms with Gasteiger partial charge in [0.15, 0.2) is 5.69 Å². The Kier molecular flexibility index (Phi) is 7.38. The van der Waals surface area contributed by atoms with E-state index in [1.165, 1.54) is 5.56 Å². The summed E-state index contributed by atoms with van der Waals surface area (Å²) in [5.41, 5.74) is 2.06. The van der Waals surface area contributed by atoms with Gasteiger partial charge in [0.2, 0.25) is 5.88 Å². The fourth-order valence-electron chi connectivity index (χ4n) is 2.80. The number of carbonyl (C=O) groups excluding carboxylic acids is 1. The first kappa shape index (κ1) is 20.0. The Hall–Kier alpha value is -1.76. The number of amides is 1. The van der Waals surface area contributed by atoms with Gasteiger partial charge in [0.1, 0.15) is 0 Å². The Labute approximate surface area is 168 Å². The van der Waals surface area contributed by atoms with E-state index >= 15 is 0 Å². The van der Waals surface area contributed by atoms with Crippen molar-refractivity contribution in [3.63, 3.8) is 0 Å². The standard InChI is InChI=1S/C20H23ClN2O3S/c1-2-26-18-7-6-17(21)19(23-18)20(24)22-15-5-3-4-14(12-15)13-27-16-8-10-25-11-9-16/h3-7,12,16H,2,8-11,13H2,1H3,(H,22,24). The minimum Gasteiger partial charge on any atom is -0.478 e. The molecule has 1 N–H and O–H groups in total. The summed E-state index contributed by atoms with van der Waals surface area (Å²) in [7, 11) is 0. The highest BCUT2D eigenvalue weighted by Gasteiger charge is 2.16. The van der Waals surface area contributed by atoms with Gasteiger partial charge in [-0.05, 0) is 43.5 Å². The number of nitrogens with one attached hydrogen (secondary N) is 1. The van der Waals surface area contributed by atoms with E-state index in [9.17, 15) is 4.79 Å². The first-order valence-electron chi connectivity index (χ1n) is 9.04. The number of ether oxygens (including phenoxy) is 2. The highest BCUT2D eigenvalue weighted by molar-refractivity contribution is 7.99. The molecule has 0 bridgehead atoms. The van der Waals surface area contributed by atoms with E-state index in [0.717, 1.165) is 37.5 Å². The maximum Gasteiger partial charge on any atom is 0.275 e. The second-order valence-corrected chi connectivity index (χ2v) is 7.89. The molecular weight excluding hydrogens is 384 g/mol. The fraction of sp³-hybridized carbons (Fsp3) is 0.400. The highest BCUT2D eigenvalue weighted by atomic mass is 35.5. The van der Waals surface area contributed by atoms with Crippen molar-refractivity contribution < 1.29 is 14.3 Å². The van der Waals surface area contributed by atoms with Crippen LogP contribution in [0.5, 0.6) is 5.88 Å². The van der Waals surface area contributed by atoms with Gasteiger partial charge in [-0.3, -0.25) is 4.79 Å². The van der Waals surface area contributed by atoms with Crippen molar-refractivity contribution in [2.75, 3.05) is 25.1 Å². The predicted molar refractivity (Wildman–Crippen MR) is 110 cm³/mol. The van der Waals surface area contributed by atoms with Crippen molar-refractivity contribution in [2.45, 2.75) is 30.8 Å². The number of carbonyl (C=O) groups is 1. The summed E-state index contributed by atoms with van der Waals surface area (Å²) in [5.74, 6) is 0.942. The molecule has 0 radical (unpaired) electrons. The topological polar surface area (TPSA) is 60.5 Å². The molecule has 0 saturated carbocycles. The first-order chi connectivity index (χ1) is 13.2. The third kappa shape index (κ3) is 5.86. The lowest BCUT2D eigenvalue weighted by molar-refractivity contribution is 0.0999. The Morgan fingerprint density at radius 3 is 2.93 bits per heavy atom. The Morgan fingerprint density at radius 2 is 2.15 bits per heavy atom. The van der Waals surface area contributed by atoms with E-state index in [4.69, 9.17) is 21.1 Å². The lowest BCUT2D eigenvalue weighted by Gasteiger charge is -2.21. The van der Waals surface area contributed by atoms with Crippen molar-refractivity contribution in [1.29, 1.82) is 0 Å². The second kappa shape index (κ2) is 9.97. The van der Waals surface area contributed by atoms with E-state index in [-0.39, 0.29) is 11.6 Å². The summed E-state index contributed by atoms with van der Waals surface area (Å²) in [5, 5.41) is 3.81. The lowest BCUT2D eigenvalue weighted by atomic mass is 10.2. The molecule has 0 spiro atoms. The SMILES string of the molecule is CCOc1ccc(Cl)c(C(=O)Nc2cccc(CSC3CCOCC3)c2)n1. The van der Waals surface area contributed by atoms with Gasteiger partial charge in [0.25, 0.3) is 5.91 Å². The van der Waals surface area contributed by atoms with Gasteiger partial charge in [-0.25, -0.2) is 4.98 Å². The van der Waals surface area contributed by atoms with Crippen LogP contribution in [0.3, 0.4) is 0 Å². The Balaban J connectivity index is 1.63. The number of anilines is 1. The van der Waals surface area contributed by atoms with Crippen LogP contribution in [-0.2, 0) is 10.5 Å². The molecule has 2 heterocycles. The molecule has 1 fully saturated rings. The zero-order valence-corrected chi connectivity index (χ0v) is 16.8. The van der Waals surface area contributed by atoms with Gasteiger partial charge in [0, 0.05) is 36.0 Å². The van der Waals surface area contributed by atoms with E-state index in [1.807, 2.05) is 36.9 Å². The molecule has 1 aromatic carbocycles. The normalized spacial score (nSPS) is 14.7. The van der Waals surface area contributed by atoms with Crippen molar-refractivity contribution in [3.8, 4) is 5.88 Å². The monoisotopic (exact) mass is 406 g/mol. The van der Waals surface area contributed by atoms with E-state index < -0.39 is 0 Å². The predicted octanol–water partition coefficient (Wildman–Crippen LogP) is 4.80. The second-order valence-electron chi connectivity index (χ2n) is 6.19. The van der Waals surface area contributed by atoms with Crippen molar-refractivity contribution >= 4 is 35.0 Å². The molecule has 1 aliphatic rings. The van der Waals surface area contributed by atoms with Gasteiger partial charge >= 0.3 is 0 Å². The van der Waals surface area contributed by atoms with Crippen molar-refractivity contribution in [2.24, 2.45) is 0 Å². The Bertz CT molecular complexity index is 782. The number of benzene rings is 1. The minimum absolute atomic E-state index is 0.157. The molecule has 1 aromatic heterocycles. The molecule has 3 rings (SSSR count). The number of thioether (sulfide) groups is 1. The van der Waals surface area contributed by atoms with Crippen LogP contribution >= 0.6 is 23.4 Å². The number of halogens is 1. The summed E-state index contributed by atoms with van der Waals surface area (Å²) in [6.07, 6.45) is 2.20. The van der Waals surface area contributed by atoms with Crippen molar-refractivity contribution in [3.05, 3.63) is 52.7 Å². The van der Waals surface area contributed by atoms with Crippen molar-refractivity contribution in [1.82, 2.24) is 4.98 Å². The largest absolute Gasteiger partial charge is 0.478 e. The Morgan fingerprint density at radius 1 is 1.33 bits per heavy atom. The number of aromatic nitrogens is 1. The molecule has 2 aromatic rings. The lowest BCUT2D eigenvalue weighted by Crippen LogP contribution is -2.17. The van der Waals surface area contributed by atoms with Crippen LogP contribution in [0.4, 0.5) is 5.69 Å². The molecular formula is C20H23ClN2O3S. The zero-order chi connectivity index (χ0) is 19.1. The molecule has 27 heavy (non-hydrogen) atoms. The minimum atomic E-state index is -0.351. The van der Waals surface area contributed by atoms with Gasteiger partial charge < -0.3 is 14.8 Å². The summed E-state index contributed by atoms with van der Waals surface area (Å²) in [6.45, 7) is 4.03. The summed E-state index contributed by atoms with van der Waals surface area (Å²) < 4.78 is 10.8. The first-order valence-corrected chi connectivity index (χ1v) is 10.5. The molecule has 5 nitrogen and oxygen atoms in total. The average molecular weight is 407 g/mol.